The van der Waals surface area contributed by atoms with Crippen molar-refractivity contribution >= 4 is 15.7 Å². The van der Waals surface area contributed by atoms with Gasteiger partial charge in [-0.05, 0) is 31.6 Å². The van der Waals surface area contributed by atoms with Crippen LogP contribution in [0.2, 0.25) is 0 Å². The molecule has 0 amide bonds. The van der Waals surface area contributed by atoms with Crippen molar-refractivity contribution in [2.75, 3.05) is 0 Å². The van der Waals surface area contributed by atoms with Gasteiger partial charge in [0, 0.05) is 5.41 Å². The van der Waals surface area contributed by atoms with Gasteiger partial charge in [0.2, 0.25) is 0 Å². The lowest BCUT2D eigenvalue weighted by molar-refractivity contribution is 0.547. The van der Waals surface area contributed by atoms with Crippen LogP contribution in [0.15, 0.2) is 45.7 Å². The number of aryl methyl sites for hydroxylation is 1. The summed E-state index contributed by atoms with van der Waals surface area (Å²) in [6.07, 6.45) is 4.59. The molecular weight excluding hydrogens is 246 g/mol. The van der Waals surface area contributed by atoms with Gasteiger partial charge in [-0.15, -0.1) is 0 Å². The highest BCUT2D eigenvalue weighted by Crippen LogP contribution is 2.30. The third kappa shape index (κ3) is 2.53. The maximum atomic E-state index is 12.2. The quantitative estimate of drug-likeness (QED) is 0.823. The predicted octanol–water partition coefficient (Wildman–Crippen LogP) is 3.11. The number of nitrogens with zero attached hydrogens (tertiary/aromatic N) is 1. The van der Waals surface area contributed by atoms with E-state index in [4.69, 9.17) is 0 Å². The Bertz CT molecular complexity index is 608. The maximum absolute atomic E-state index is 12.2. The van der Waals surface area contributed by atoms with E-state index in [-0.39, 0.29) is 10.3 Å². The smallest absolute Gasteiger partial charge is 0.199 e. The number of benzene rings is 1. The Morgan fingerprint density at radius 2 is 1.78 bits per heavy atom. The number of hydrogen-bond donors (Lipinski definition) is 0. The molecule has 1 aliphatic rings. The molecule has 0 spiro atoms. The van der Waals surface area contributed by atoms with Crippen molar-refractivity contribution in [3.8, 4) is 0 Å². The Kier molecular flexibility index (Phi) is 3.15. The van der Waals surface area contributed by atoms with Gasteiger partial charge in [0.25, 0.3) is 10.0 Å². The Balaban J connectivity index is 2.42. The van der Waals surface area contributed by atoms with Crippen LogP contribution in [-0.2, 0) is 10.0 Å². The van der Waals surface area contributed by atoms with Crippen molar-refractivity contribution in [3.63, 3.8) is 0 Å². The van der Waals surface area contributed by atoms with Crippen LogP contribution in [0.1, 0.15) is 25.8 Å². The van der Waals surface area contributed by atoms with Gasteiger partial charge in [-0.2, -0.15) is 12.8 Å². The van der Waals surface area contributed by atoms with Crippen LogP contribution in [0.4, 0.5) is 0 Å². The van der Waals surface area contributed by atoms with Crippen LogP contribution in [0.5, 0.6) is 0 Å². The fraction of sp³-hybridized carbons (Fsp3) is 0.357. The minimum atomic E-state index is -3.59. The minimum absolute atomic E-state index is 0.197. The molecule has 0 unspecified atom stereocenters. The molecule has 0 radical (unpaired) electrons. The molecule has 0 saturated carbocycles. The molecule has 0 aliphatic heterocycles. The fourth-order valence-electron chi connectivity index (χ4n) is 1.84. The third-order valence-corrected chi connectivity index (χ3v) is 4.44. The lowest BCUT2D eigenvalue weighted by Crippen LogP contribution is -2.19. The summed E-state index contributed by atoms with van der Waals surface area (Å²) in [7, 11) is -3.59. The highest BCUT2D eigenvalue weighted by Gasteiger charge is 2.28. The zero-order valence-electron chi connectivity index (χ0n) is 10.8. The van der Waals surface area contributed by atoms with Gasteiger partial charge in [0.05, 0.1) is 10.6 Å². The fourth-order valence-corrected chi connectivity index (χ4v) is 2.99. The summed E-state index contributed by atoms with van der Waals surface area (Å²) in [4.78, 5) is 0.247. The van der Waals surface area contributed by atoms with Gasteiger partial charge in [-0.1, -0.05) is 37.6 Å². The van der Waals surface area contributed by atoms with E-state index in [1.165, 1.54) is 0 Å². The van der Waals surface area contributed by atoms with Gasteiger partial charge in [0.15, 0.2) is 0 Å². The van der Waals surface area contributed by atoms with Crippen molar-refractivity contribution in [3.05, 3.63) is 42.0 Å². The molecule has 0 heterocycles. The summed E-state index contributed by atoms with van der Waals surface area (Å²) in [6, 6.07) is 6.76. The molecule has 2 rings (SSSR count). The largest absolute Gasteiger partial charge is 0.282 e. The van der Waals surface area contributed by atoms with Gasteiger partial charge < -0.3 is 0 Å². The van der Waals surface area contributed by atoms with E-state index in [1.54, 1.807) is 30.3 Å². The van der Waals surface area contributed by atoms with Gasteiger partial charge in [-0.25, -0.2) is 0 Å². The molecule has 1 aromatic carbocycles. The standard InChI is InChI=1S/C14H17NO2S/c1-11-6-8-12(9-7-11)18(16,17)15-13-5-4-10-14(13,2)3/h4-9H,10H2,1-3H3/b15-13-. The summed E-state index contributed by atoms with van der Waals surface area (Å²) in [5.74, 6) is 0. The molecule has 0 bridgehead atoms. The molecule has 1 aliphatic carbocycles. The predicted molar refractivity (Wildman–Crippen MR) is 73.3 cm³/mol. The molecule has 4 heteroatoms. The first-order valence-corrected chi connectivity index (χ1v) is 7.34. The molecular formula is C14H17NO2S. The van der Waals surface area contributed by atoms with E-state index >= 15 is 0 Å². The summed E-state index contributed by atoms with van der Waals surface area (Å²) < 4.78 is 28.3. The number of allylic oxidation sites excluding steroid dienone is 2. The van der Waals surface area contributed by atoms with Crippen LogP contribution in [0.3, 0.4) is 0 Å². The first-order chi connectivity index (χ1) is 8.31. The monoisotopic (exact) mass is 263 g/mol. The second kappa shape index (κ2) is 4.35. The molecule has 0 atom stereocenters. The number of sulfonamides is 1. The zero-order valence-corrected chi connectivity index (χ0v) is 11.7. The first-order valence-electron chi connectivity index (χ1n) is 5.90. The van der Waals surface area contributed by atoms with Crippen molar-refractivity contribution < 1.29 is 8.42 Å². The highest BCUT2D eigenvalue weighted by atomic mass is 32.2. The average Bonchev–Trinajstić information content (AvgIpc) is 2.58. The molecule has 0 N–H and O–H groups in total. The topological polar surface area (TPSA) is 46.5 Å². The van der Waals surface area contributed by atoms with Crippen molar-refractivity contribution in [2.24, 2.45) is 9.81 Å². The van der Waals surface area contributed by atoms with Gasteiger partial charge in [0.1, 0.15) is 0 Å². The lowest BCUT2D eigenvalue weighted by atomic mass is 9.89. The first kappa shape index (κ1) is 13.0. The number of rotatable bonds is 2. The van der Waals surface area contributed by atoms with Crippen LogP contribution >= 0.6 is 0 Å². The van der Waals surface area contributed by atoms with Crippen LogP contribution < -0.4 is 0 Å². The summed E-state index contributed by atoms with van der Waals surface area (Å²) >= 11 is 0. The Morgan fingerprint density at radius 3 is 2.28 bits per heavy atom. The zero-order chi connectivity index (χ0) is 13.4. The molecule has 1 aromatic rings. The summed E-state index contributed by atoms with van der Waals surface area (Å²) in [5, 5.41) is 0. The van der Waals surface area contributed by atoms with Crippen molar-refractivity contribution in [1.82, 2.24) is 0 Å². The van der Waals surface area contributed by atoms with E-state index < -0.39 is 10.0 Å². The lowest BCUT2D eigenvalue weighted by Gasteiger charge is -2.17. The third-order valence-electron chi connectivity index (χ3n) is 3.13. The van der Waals surface area contributed by atoms with Crippen molar-refractivity contribution in [2.45, 2.75) is 32.1 Å². The summed E-state index contributed by atoms with van der Waals surface area (Å²) in [6.45, 7) is 5.91. The van der Waals surface area contributed by atoms with Gasteiger partial charge in [-0.3, -0.25) is 0 Å². The van der Waals surface area contributed by atoms with Crippen LogP contribution in [0.25, 0.3) is 0 Å². The molecule has 18 heavy (non-hydrogen) atoms. The van der Waals surface area contributed by atoms with E-state index in [1.807, 2.05) is 26.8 Å². The van der Waals surface area contributed by atoms with E-state index in [2.05, 4.69) is 4.40 Å². The van der Waals surface area contributed by atoms with E-state index in [9.17, 15) is 8.42 Å². The highest BCUT2D eigenvalue weighted by molar-refractivity contribution is 7.90. The van der Waals surface area contributed by atoms with Crippen LogP contribution in [-0.4, -0.2) is 14.1 Å². The van der Waals surface area contributed by atoms with E-state index in [0.29, 0.717) is 5.71 Å². The second-order valence-electron chi connectivity index (χ2n) is 5.26. The normalized spacial score (nSPS) is 20.5. The van der Waals surface area contributed by atoms with Gasteiger partial charge >= 0.3 is 0 Å². The Morgan fingerprint density at radius 1 is 1.17 bits per heavy atom. The maximum Gasteiger partial charge on any atom is 0.282 e. The molecule has 0 saturated heterocycles. The Hall–Kier alpha value is -1.42. The summed E-state index contributed by atoms with van der Waals surface area (Å²) in [5.41, 5.74) is 1.46. The average molecular weight is 263 g/mol. The Labute approximate surface area is 108 Å². The molecule has 0 aromatic heterocycles. The van der Waals surface area contributed by atoms with Crippen LogP contribution in [0, 0.1) is 12.3 Å². The molecule has 96 valence electrons. The number of hydrogen-bond acceptors (Lipinski definition) is 2. The van der Waals surface area contributed by atoms with Crippen molar-refractivity contribution in [1.29, 1.82) is 0 Å². The second-order valence-corrected chi connectivity index (χ2v) is 6.86. The minimum Gasteiger partial charge on any atom is -0.199 e. The van der Waals surface area contributed by atoms with E-state index in [0.717, 1.165) is 12.0 Å². The molecule has 0 fully saturated rings. The molecule has 3 nitrogen and oxygen atoms in total. The SMILES string of the molecule is Cc1ccc(S(=O)(=O)/N=C2/C=CCC2(C)C)cc1.